The third kappa shape index (κ3) is 5.96. The minimum atomic E-state index is -0.754. The molecule has 3 rings (SSSR count). The molecule has 184 valence electrons. The van der Waals surface area contributed by atoms with Crippen molar-refractivity contribution in [3.05, 3.63) is 35.4 Å². The Morgan fingerprint density at radius 2 is 1.82 bits per heavy atom. The summed E-state index contributed by atoms with van der Waals surface area (Å²) in [6.45, 7) is 7.59. The van der Waals surface area contributed by atoms with E-state index in [0.29, 0.717) is 32.5 Å². The van der Waals surface area contributed by atoms with Gasteiger partial charge in [0.1, 0.15) is 6.04 Å². The van der Waals surface area contributed by atoms with E-state index in [4.69, 9.17) is 12.2 Å². The Hall–Kier alpha value is -2.89. The van der Waals surface area contributed by atoms with E-state index in [1.165, 1.54) is 4.90 Å². The fraction of sp³-hybridized carbons (Fsp3) is 0.577. The van der Waals surface area contributed by atoms with Gasteiger partial charge < -0.3 is 21.1 Å². The zero-order chi connectivity index (χ0) is 25.0. The largest absolute Gasteiger partial charge is 0.391 e. The Bertz CT molecular complexity index is 939. The summed E-state index contributed by atoms with van der Waals surface area (Å²) in [5.74, 6) is 1.63. The molecular formula is C26H36N4O4. The normalized spacial score (nSPS) is 22.7. The Kier molecular flexibility index (Phi) is 8.01. The van der Waals surface area contributed by atoms with Crippen molar-refractivity contribution in [2.24, 2.45) is 17.1 Å². The number of aliphatic hydroxyl groups is 1. The SMILES string of the molecule is C#Cc1ccc(CNC(=O)[C@@H]2C[C@@H](O)CN2C(=O)[C@@H](N2CCC(C(N)=O)CC2)C(C)(C)C)cc1. The van der Waals surface area contributed by atoms with Crippen LogP contribution in [0.25, 0.3) is 0 Å². The molecule has 2 fully saturated rings. The van der Waals surface area contributed by atoms with Gasteiger partial charge in [0, 0.05) is 31.0 Å². The summed E-state index contributed by atoms with van der Waals surface area (Å²) in [4.78, 5) is 42.0. The van der Waals surface area contributed by atoms with Crippen molar-refractivity contribution in [1.82, 2.24) is 15.1 Å². The fourth-order valence-electron chi connectivity index (χ4n) is 5.01. The average Bonchev–Trinajstić information content (AvgIpc) is 3.19. The first-order valence-corrected chi connectivity index (χ1v) is 11.9. The van der Waals surface area contributed by atoms with Gasteiger partial charge in [-0.05, 0) is 49.0 Å². The van der Waals surface area contributed by atoms with E-state index in [-0.39, 0.29) is 36.6 Å². The molecular weight excluding hydrogens is 432 g/mol. The van der Waals surface area contributed by atoms with Gasteiger partial charge in [0.25, 0.3) is 0 Å². The third-order valence-electron chi connectivity index (χ3n) is 6.80. The molecule has 0 aromatic heterocycles. The van der Waals surface area contributed by atoms with Crippen molar-refractivity contribution in [3.63, 3.8) is 0 Å². The number of hydrogen-bond acceptors (Lipinski definition) is 5. The molecule has 3 amide bonds. The van der Waals surface area contributed by atoms with E-state index in [1.807, 2.05) is 45.0 Å². The number of amides is 3. The van der Waals surface area contributed by atoms with Gasteiger partial charge in [0.15, 0.2) is 0 Å². The number of terminal acetylenes is 1. The number of primary amides is 1. The van der Waals surface area contributed by atoms with Crippen LogP contribution in [0.2, 0.25) is 0 Å². The standard InChI is InChI=1S/C26H36N4O4/c1-5-17-6-8-18(9-7-17)15-28-24(33)21-14-20(31)16-30(21)25(34)22(26(2,3)4)29-12-10-19(11-13-29)23(27)32/h1,6-9,19-22,31H,10-16H2,2-4H3,(H2,27,32)(H,28,33)/t20-,21+,22-/m1/s1. The van der Waals surface area contributed by atoms with Crippen molar-refractivity contribution in [1.29, 1.82) is 0 Å². The van der Waals surface area contributed by atoms with Crippen LogP contribution in [0.5, 0.6) is 0 Å². The van der Waals surface area contributed by atoms with Crippen molar-refractivity contribution in [2.45, 2.75) is 64.8 Å². The minimum absolute atomic E-state index is 0.123. The number of benzene rings is 1. The Morgan fingerprint density at radius 3 is 2.35 bits per heavy atom. The maximum absolute atomic E-state index is 13.8. The first-order chi connectivity index (χ1) is 16.0. The topological polar surface area (TPSA) is 116 Å². The summed E-state index contributed by atoms with van der Waals surface area (Å²) in [6.07, 6.45) is 6.06. The second-order valence-electron chi connectivity index (χ2n) is 10.4. The highest BCUT2D eigenvalue weighted by molar-refractivity contribution is 5.91. The van der Waals surface area contributed by atoms with Gasteiger partial charge in [-0.25, -0.2) is 0 Å². The van der Waals surface area contributed by atoms with Crippen molar-refractivity contribution in [3.8, 4) is 12.3 Å². The van der Waals surface area contributed by atoms with Crippen LogP contribution in [-0.4, -0.2) is 70.4 Å². The monoisotopic (exact) mass is 468 g/mol. The third-order valence-corrected chi connectivity index (χ3v) is 6.80. The number of nitrogens with two attached hydrogens (primary N) is 1. The summed E-state index contributed by atoms with van der Waals surface area (Å²) >= 11 is 0. The van der Waals surface area contributed by atoms with Gasteiger partial charge >= 0.3 is 0 Å². The van der Waals surface area contributed by atoms with Crippen molar-refractivity contribution in [2.75, 3.05) is 19.6 Å². The van der Waals surface area contributed by atoms with Gasteiger partial charge in [-0.2, -0.15) is 0 Å². The zero-order valence-corrected chi connectivity index (χ0v) is 20.3. The maximum Gasteiger partial charge on any atom is 0.243 e. The highest BCUT2D eigenvalue weighted by Crippen LogP contribution is 2.32. The molecule has 2 aliphatic rings. The van der Waals surface area contributed by atoms with Crippen molar-refractivity contribution >= 4 is 17.7 Å². The maximum atomic E-state index is 13.8. The van der Waals surface area contributed by atoms with Gasteiger partial charge in [-0.3, -0.25) is 19.3 Å². The Labute approximate surface area is 201 Å². The number of carbonyl (C=O) groups excluding carboxylic acids is 3. The molecule has 4 N–H and O–H groups in total. The minimum Gasteiger partial charge on any atom is -0.391 e. The molecule has 8 nitrogen and oxygen atoms in total. The van der Waals surface area contributed by atoms with Crippen LogP contribution in [0.1, 0.15) is 51.2 Å². The molecule has 0 saturated carbocycles. The van der Waals surface area contributed by atoms with Gasteiger partial charge in [0.2, 0.25) is 17.7 Å². The lowest BCUT2D eigenvalue weighted by molar-refractivity contribution is -0.147. The van der Waals surface area contributed by atoms with Crippen LogP contribution in [0.4, 0.5) is 0 Å². The molecule has 0 spiro atoms. The van der Waals surface area contributed by atoms with Crippen molar-refractivity contribution < 1.29 is 19.5 Å². The number of hydrogen-bond donors (Lipinski definition) is 3. The molecule has 2 aliphatic heterocycles. The predicted octanol–water partition coefficient (Wildman–Crippen LogP) is 0.858. The number of aliphatic hydroxyl groups excluding tert-OH is 1. The van der Waals surface area contributed by atoms with Gasteiger partial charge in [-0.15, -0.1) is 6.42 Å². The van der Waals surface area contributed by atoms with Crippen LogP contribution in [0.15, 0.2) is 24.3 Å². The zero-order valence-electron chi connectivity index (χ0n) is 20.3. The molecule has 1 aromatic carbocycles. The number of likely N-dealkylation sites (tertiary alicyclic amines) is 2. The van der Waals surface area contributed by atoms with E-state index in [2.05, 4.69) is 16.1 Å². The van der Waals surface area contributed by atoms with E-state index < -0.39 is 23.6 Å². The number of rotatable bonds is 6. The molecule has 34 heavy (non-hydrogen) atoms. The second-order valence-corrected chi connectivity index (χ2v) is 10.4. The van der Waals surface area contributed by atoms with Crippen LogP contribution < -0.4 is 11.1 Å². The molecule has 2 saturated heterocycles. The number of β-amino-alcohol motifs (C(OH)–C–C–N with tert-alkyl or cyclic N) is 1. The number of carbonyl (C=O) groups is 3. The summed E-state index contributed by atoms with van der Waals surface area (Å²) in [7, 11) is 0. The summed E-state index contributed by atoms with van der Waals surface area (Å²) in [5.41, 5.74) is 6.73. The van der Waals surface area contributed by atoms with Gasteiger partial charge in [-0.1, -0.05) is 38.8 Å². The lowest BCUT2D eigenvalue weighted by atomic mass is 9.82. The van der Waals surface area contributed by atoms with Crippen LogP contribution >= 0.6 is 0 Å². The fourth-order valence-corrected chi connectivity index (χ4v) is 5.01. The van der Waals surface area contributed by atoms with Crippen LogP contribution in [0, 0.1) is 23.7 Å². The van der Waals surface area contributed by atoms with E-state index in [0.717, 1.165) is 11.1 Å². The second kappa shape index (κ2) is 10.6. The molecule has 1 aromatic rings. The predicted molar refractivity (Wildman–Crippen MR) is 129 cm³/mol. The molecule has 0 aliphatic carbocycles. The number of nitrogens with one attached hydrogen (secondary N) is 1. The average molecular weight is 469 g/mol. The Morgan fingerprint density at radius 1 is 1.21 bits per heavy atom. The summed E-state index contributed by atoms with van der Waals surface area (Å²) in [5, 5.41) is 13.2. The smallest absolute Gasteiger partial charge is 0.243 e. The molecule has 2 heterocycles. The highest BCUT2D eigenvalue weighted by atomic mass is 16.3. The molecule has 3 atom stereocenters. The van der Waals surface area contributed by atoms with E-state index in [9.17, 15) is 19.5 Å². The summed E-state index contributed by atoms with van der Waals surface area (Å²) < 4.78 is 0. The van der Waals surface area contributed by atoms with E-state index in [1.54, 1.807) is 0 Å². The highest BCUT2D eigenvalue weighted by Gasteiger charge is 2.46. The lowest BCUT2D eigenvalue weighted by Gasteiger charge is -2.44. The van der Waals surface area contributed by atoms with Crippen LogP contribution in [0.3, 0.4) is 0 Å². The number of nitrogens with zero attached hydrogens (tertiary/aromatic N) is 2. The van der Waals surface area contributed by atoms with E-state index >= 15 is 0 Å². The molecule has 0 radical (unpaired) electrons. The number of piperidine rings is 1. The first-order valence-electron chi connectivity index (χ1n) is 11.9. The Balaban J connectivity index is 1.71. The first kappa shape index (κ1) is 25.7. The van der Waals surface area contributed by atoms with Crippen LogP contribution in [-0.2, 0) is 20.9 Å². The van der Waals surface area contributed by atoms with Gasteiger partial charge in [0.05, 0.1) is 12.1 Å². The lowest BCUT2D eigenvalue weighted by Crippen LogP contribution is -2.59. The molecule has 0 unspecified atom stereocenters. The molecule has 8 heteroatoms. The summed E-state index contributed by atoms with van der Waals surface area (Å²) in [6, 6.07) is 6.12. The molecule has 0 bridgehead atoms. The quantitative estimate of drug-likeness (QED) is 0.536.